The summed E-state index contributed by atoms with van der Waals surface area (Å²) >= 11 is 0. The third kappa shape index (κ3) is 47.1. The van der Waals surface area contributed by atoms with Gasteiger partial charge in [-0.05, 0) is 51.4 Å². The summed E-state index contributed by atoms with van der Waals surface area (Å²) in [7, 11) is 0. The van der Waals surface area contributed by atoms with Gasteiger partial charge in [-0.25, -0.2) is 0 Å². The zero-order valence-electron chi connectivity index (χ0n) is 66.5. The van der Waals surface area contributed by atoms with Crippen molar-refractivity contribution in [1.82, 2.24) is 0 Å². The highest BCUT2D eigenvalue weighted by atomic mass is 16.8. The third-order valence-electron chi connectivity index (χ3n) is 19.8. The molecule has 600 valence electrons. The Balaban J connectivity index is 3.15. The van der Waals surface area contributed by atoms with Crippen LogP contribution in [0.2, 0.25) is 0 Å². The molecule has 19 nitrogen and oxygen atoms in total. The van der Waals surface area contributed by atoms with Crippen LogP contribution in [-0.2, 0) is 90.5 Å². The monoisotopic (exact) mass is 1460 g/mol. The van der Waals surface area contributed by atoms with Crippen molar-refractivity contribution in [2.45, 2.75) is 476 Å². The molecule has 0 amide bonds. The molecule has 2 rings (SSSR count). The lowest BCUT2D eigenvalue weighted by atomic mass is 9.95. The first-order valence-electron chi connectivity index (χ1n) is 42.6. The maximum atomic E-state index is 14.8. The van der Waals surface area contributed by atoms with Crippen LogP contribution in [-0.4, -0.2) is 122 Å². The van der Waals surface area contributed by atoms with Crippen LogP contribution in [0.15, 0.2) is 0 Å². The molecular formula is C84H150O19. The second kappa shape index (κ2) is 64.8. The van der Waals surface area contributed by atoms with Crippen LogP contribution in [0.4, 0.5) is 0 Å². The van der Waals surface area contributed by atoms with Crippen LogP contribution in [0.1, 0.15) is 415 Å². The quantitative estimate of drug-likeness (QED) is 0.0312. The molecule has 0 bridgehead atoms. The van der Waals surface area contributed by atoms with Gasteiger partial charge >= 0.3 is 47.8 Å². The normalized spacial score (nSPS) is 20.2. The highest BCUT2D eigenvalue weighted by Crippen LogP contribution is 2.37. The van der Waals surface area contributed by atoms with Crippen molar-refractivity contribution in [2.24, 2.45) is 0 Å². The molecule has 0 aliphatic carbocycles. The van der Waals surface area contributed by atoms with Gasteiger partial charge in [0.05, 0.1) is 0 Å². The summed E-state index contributed by atoms with van der Waals surface area (Å²) < 4.78 is 72.1. The fourth-order valence-electron chi connectivity index (χ4n) is 13.3. The predicted octanol–water partition coefficient (Wildman–Crippen LogP) is 21.0. The Morgan fingerprint density at radius 2 is 0.398 bits per heavy atom. The third-order valence-corrected chi connectivity index (χ3v) is 19.8. The van der Waals surface area contributed by atoms with Crippen molar-refractivity contribution in [2.75, 3.05) is 13.2 Å². The van der Waals surface area contributed by atoms with Crippen LogP contribution in [0.5, 0.6) is 0 Å². The molecule has 2 saturated heterocycles. The maximum absolute atomic E-state index is 14.8. The van der Waals surface area contributed by atoms with E-state index in [1.165, 1.54) is 0 Å². The van der Waals surface area contributed by atoms with Crippen molar-refractivity contribution in [3.05, 3.63) is 0 Å². The molecule has 0 aromatic carbocycles. The van der Waals surface area contributed by atoms with E-state index in [4.69, 9.17) is 52.1 Å². The minimum absolute atomic E-state index is 0.00101. The molecule has 19 heteroatoms. The number of carbonyl (C=O) groups excluding carboxylic acids is 8. The molecule has 0 unspecified atom stereocenters. The standard InChI is InChI=1S/C84H150O19/c1-9-17-25-33-41-49-57-69(85)93-65-67-77(97-71(87)59-51-43-35-27-19-11-3)79(98-72(88)60-52-44-36-28-20-12-4)82(101-75(91)63-55-47-39-31-23-15-7)84(96-67)103-78-68(66-94-70(86)58-50-42-34-26-18-10-2)95-83(102-76(92)64-56-48-40-32-24-16-8)81(100-74(90)62-54-46-38-30-22-14-6)80(78)99-73(89)61-53-45-37-29-21-13-5/h67-68,77-84H,9-66H2,1-8H3/t67-,68-,77-,78+,79+,80+,81-,82-,83+,84-/m1/s1. The van der Waals surface area contributed by atoms with E-state index >= 15 is 0 Å². The number of rotatable bonds is 68. The van der Waals surface area contributed by atoms with Crippen LogP contribution in [0, 0.1) is 0 Å². The second-order valence-corrected chi connectivity index (χ2v) is 29.5. The summed E-state index contributed by atoms with van der Waals surface area (Å²) in [4.78, 5) is 115. The van der Waals surface area contributed by atoms with E-state index in [-0.39, 0.29) is 51.4 Å². The van der Waals surface area contributed by atoms with Crippen molar-refractivity contribution in [3.8, 4) is 0 Å². The maximum Gasteiger partial charge on any atom is 0.308 e. The Morgan fingerprint density at radius 1 is 0.204 bits per heavy atom. The largest absolute Gasteiger partial charge is 0.463 e. The van der Waals surface area contributed by atoms with Gasteiger partial charge in [0.1, 0.15) is 31.5 Å². The lowest BCUT2D eigenvalue weighted by Crippen LogP contribution is -2.67. The molecule has 2 fully saturated rings. The van der Waals surface area contributed by atoms with Crippen molar-refractivity contribution >= 4 is 47.8 Å². The molecule has 2 heterocycles. The molecule has 103 heavy (non-hydrogen) atoms. The SMILES string of the molecule is CCCCCCCCC(=O)OC[C@H]1O[C@@H](OC(=O)CCCCCCCC)[C@H](OC(=O)CCCCCCCC)[C@@H](OC(=O)CCCCCCCC)[C@H]1O[C@H]1O[C@H](COC(=O)CCCCCCCC)[C@@H](OC(=O)CCCCCCCC)[C@H](OC(=O)CCCCCCCC)[C@H]1OC(=O)CCCCCCCC. The fraction of sp³-hybridized carbons (Fsp3) is 0.905. The van der Waals surface area contributed by atoms with Gasteiger partial charge < -0.3 is 52.1 Å². The van der Waals surface area contributed by atoms with Crippen molar-refractivity contribution < 1.29 is 90.5 Å². The summed E-state index contributed by atoms with van der Waals surface area (Å²) in [5.41, 5.74) is 0. The first-order chi connectivity index (χ1) is 50.2. The smallest absolute Gasteiger partial charge is 0.308 e. The Morgan fingerprint density at radius 3 is 0.680 bits per heavy atom. The Hall–Kier alpha value is -4.36. The van der Waals surface area contributed by atoms with Gasteiger partial charge in [-0.3, -0.25) is 38.4 Å². The highest BCUT2D eigenvalue weighted by molar-refractivity contribution is 5.73. The lowest BCUT2D eigenvalue weighted by molar-refractivity contribution is -0.358. The van der Waals surface area contributed by atoms with E-state index in [0.29, 0.717) is 51.4 Å². The van der Waals surface area contributed by atoms with E-state index in [9.17, 15) is 38.4 Å². The summed E-state index contributed by atoms with van der Waals surface area (Å²) in [6.45, 7) is 16.0. The lowest BCUT2D eigenvalue weighted by Gasteiger charge is -2.48. The number of hydrogen-bond acceptors (Lipinski definition) is 19. The average molecular weight is 1460 g/mol. The van der Waals surface area contributed by atoms with E-state index in [2.05, 4.69) is 55.4 Å². The van der Waals surface area contributed by atoms with E-state index in [1.54, 1.807) is 0 Å². The summed E-state index contributed by atoms with van der Waals surface area (Å²) in [6.07, 6.45) is 25.9. The van der Waals surface area contributed by atoms with Crippen LogP contribution in [0.3, 0.4) is 0 Å². The van der Waals surface area contributed by atoms with E-state index in [0.717, 1.165) is 257 Å². The number of carbonyl (C=O) groups is 8. The Kier molecular flexibility index (Phi) is 59.6. The van der Waals surface area contributed by atoms with Crippen LogP contribution >= 0.6 is 0 Å². The van der Waals surface area contributed by atoms with Gasteiger partial charge in [-0.1, -0.05) is 312 Å². The fourth-order valence-corrected chi connectivity index (χ4v) is 13.3. The van der Waals surface area contributed by atoms with Gasteiger partial charge in [-0.15, -0.1) is 0 Å². The van der Waals surface area contributed by atoms with Gasteiger partial charge in [-0.2, -0.15) is 0 Å². The average Bonchev–Trinajstić information content (AvgIpc) is 0.764. The molecule has 2 aliphatic rings. The van der Waals surface area contributed by atoms with Crippen LogP contribution < -0.4 is 0 Å². The van der Waals surface area contributed by atoms with E-state index in [1.807, 2.05) is 0 Å². The molecule has 0 spiro atoms. The first-order valence-corrected chi connectivity index (χ1v) is 42.6. The molecule has 0 aromatic rings. The molecular weight excluding hydrogens is 1310 g/mol. The zero-order valence-corrected chi connectivity index (χ0v) is 66.5. The molecule has 2 aliphatic heterocycles. The predicted molar refractivity (Wildman–Crippen MR) is 404 cm³/mol. The van der Waals surface area contributed by atoms with Crippen molar-refractivity contribution in [1.29, 1.82) is 0 Å². The number of unbranched alkanes of at least 4 members (excludes halogenated alkanes) is 40. The van der Waals surface area contributed by atoms with Crippen molar-refractivity contribution in [3.63, 3.8) is 0 Å². The summed E-state index contributed by atoms with van der Waals surface area (Å²) in [6, 6.07) is 0. The number of hydrogen-bond donors (Lipinski definition) is 0. The minimum atomic E-state index is -1.85. The van der Waals surface area contributed by atoms with Gasteiger partial charge in [0, 0.05) is 51.4 Å². The topological polar surface area (TPSA) is 238 Å². The molecule has 0 radical (unpaired) electrons. The number of esters is 8. The molecule has 0 aromatic heterocycles. The summed E-state index contributed by atoms with van der Waals surface area (Å²) in [5, 5.41) is 0. The molecule has 0 saturated carbocycles. The summed E-state index contributed by atoms with van der Waals surface area (Å²) in [5.74, 6) is -5.12. The zero-order chi connectivity index (χ0) is 75.2. The first kappa shape index (κ1) is 94.7. The minimum Gasteiger partial charge on any atom is -0.463 e. The van der Waals surface area contributed by atoms with Gasteiger partial charge in [0.25, 0.3) is 0 Å². The van der Waals surface area contributed by atoms with E-state index < -0.39 is 122 Å². The Bertz CT molecular complexity index is 2160. The van der Waals surface area contributed by atoms with Gasteiger partial charge in [0.15, 0.2) is 30.7 Å². The number of ether oxygens (including phenoxy) is 11. The molecule has 10 atom stereocenters. The highest BCUT2D eigenvalue weighted by Gasteiger charge is 2.58. The Labute approximate surface area is 625 Å². The van der Waals surface area contributed by atoms with Gasteiger partial charge in [0.2, 0.25) is 12.4 Å². The molecule has 0 N–H and O–H groups in total. The van der Waals surface area contributed by atoms with Crippen LogP contribution in [0.25, 0.3) is 0 Å². The second-order valence-electron chi connectivity index (χ2n) is 29.5.